The Hall–Kier alpha value is -1.99. The van der Waals surface area contributed by atoms with Crippen LogP contribution in [-0.4, -0.2) is 44.7 Å². The van der Waals surface area contributed by atoms with Gasteiger partial charge in [-0.05, 0) is 55.8 Å². The first-order valence-electron chi connectivity index (χ1n) is 9.07. The summed E-state index contributed by atoms with van der Waals surface area (Å²) in [5.74, 6) is 2.08. The lowest BCUT2D eigenvalue weighted by atomic mass is 10.1. The zero-order valence-electron chi connectivity index (χ0n) is 15.7. The lowest BCUT2D eigenvalue weighted by Crippen LogP contribution is -2.37. The Labute approximate surface area is 167 Å². The number of nitrogens with one attached hydrogen (secondary N) is 1. The summed E-state index contributed by atoms with van der Waals surface area (Å²) in [5.41, 5.74) is 0.848. The number of methoxy groups -OCH3 is 2. The van der Waals surface area contributed by atoms with Crippen LogP contribution in [0.4, 0.5) is 0 Å². The average Bonchev–Trinajstić information content (AvgIpc) is 3.37. The summed E-state index contributed by atoms with van der Waals surface area (Å²) >= 11 is 3.51. The summed E-state index contributed by atoms with van der Waals surface area (Å²) < 4.78 is 17.0. The summed E-state index contributed by atoms with van der Waals surface area (Å²) in [4.78, 5) is 14.9. The number of furan rings is 1. The molecule has 0 bridgehead atoms. The summed E-state index contributed by atoms with van der Waals surface area (Å²) in [6, 6.07) is 7.58. The van der Waals surface area contributed by atoms with E-state index in [1.54, 1.807) is 20.5 Å². The van der Waals surface area contributed by atoms with Crippen LogP contribution in [0.1, 0.15) is 30.2 Å². The number of rotatable bonds is 8. The Kier molecular flexibility index (Phi) is 6.79. The van der Waals surface area contributed by atoms with E-state index in [0.717, 1.165) is 28.9 Å². The molecule has 1 aromatic carbocycles. The van der Waals surface area contributed by atoms with E-state index in [1.807, 2.05) is 24.3 Å². The third-order valence-corrected chi connectivity index (χ3v) is 5.59. The van der Waals surface area contributed by atoms with Crippen LogP contribution in [0.3, 0.4) is 0 Å². The van der Waals surface area contributed by atoms with Gasteiger partial charge in [0.15, 0.2) is 11.5 Å². The Bertz CT molecular complexity index is 758. The molecule has 1 aromatic heterocycles. The molecular weight excluding hydrogens is 412 g/mol. The lowest BCUT2D eigenvalue weighted by Gasteiger charge is -2.26. The Morgan fingerprint density at radius 2 is 1.96 bits per heavy atom. The van der Waals surface area contributed by atoms with Crippen LogP contribution in [0.25, 0.3) is 0 Å². The molecule has 0 unspecified atom stereocenters. The highest BCUT2D eigenvalue weighted by atomic mass is 79.9. The molecule has 6 nitrogen and oxygen atoms in total. The average molecular weight is 437 g/mol. The zero-order chi connectivity index (χ0) is 19.2. The van der Waals surface area contributed by atoms with Crippen molar-refractivity contribution in [2.45, 2.75) is 25.3 Å². The molecule has 1 atom stereocenters. The minimum atomic E-state index is -0.0429. The van der Waals surface area contributed by atoms with Gasteiger partial charge >= 0.3 is 0 Å². The van der Waals surface area contributed by atoms with Gasteiger partial charge in [-0.1, -0.05) is 15.9 Å². The molecule has 1 aliphatic rings. The molecule has 1 saturated heterocycles. The van der Waals surface area contributed by atoms with Gasteiger partial charge in [0.1, 0.15) is 5.76 Å². The molecule has 7 heteroatoms. The second kappa shape index (κ2) is 9.28. The monoisotopic (exact) mass is 436 g/mol. The van der Waals surface area contributed by atoms with E-state index in [1.165, 1.54) is 12.8 Å². The maximum Gasteiger partial charge on any atom is 0.224 e. The highest BCUT2D eigenvalue weighted by molar-refractivity contribution is 9.10. The fraction of sp³-hybridized carbons (Fsp3) is 0.450. The van der Waals surface area contributed by atoms with Gasteiger partial charge in [-0.3, -0.25) is 9.69 Å². The number of hydrogen-bond acceptors (Lipinski definition) is 5. The Morgan fingerprint density at radius 1 is 1.26 bits per heavy atom. The number of amides is 1. The lowest BCUT2D eigenvalue weighted by molar-refractivity contribution is -0.120. The highest BCUT2D eigenvalue weighted by Crippen LogP contribution is 2.33. The zero-order valence-corrected chi connectivity index (χ0v) is 17.3. The normalized spacial score (nSPS) is 15.5. The van der Waals surface area contributed by atoms with E-state index >= 15 is 0 Å². The van der Waals surface area contributed by atoms with Crippen molar-refractivity contribution in [1.29, 1.82) is 0 Å². The van der Waals surface area contributed by atoms with Crippen LogP contribution in [0.5, 0.6) is 11.5 Å². The topological polar surface area (TPSA) is 63.9 Å². The largest absolute Gasteiger partial charge is 0.493 e. The van der Waals surface area contributed by atoms with Gasteiger partial charge in [0.25, 0.3) is 0 Å². The second-order valence-corrected chi connectivity index (χ2v) is 7.41. The molecule has 0 saturated carbocycles. The Balaban J connectivity index is 1.64. The molecule has 1 aliphatic heterocycles. The van der Waals surface area contributed by atoms with Crippen molar-refractivity contribution in [3.63, 3.8) is 0 Å². The van der Waals surface area contributed by atoms with Gasteiger partial charge in [0.05, 0.1) is 32.9 Å². The van der Waals surface area contributed by atoms with Crippen molar-refractivity contribution >= 4 is 21.8 Å². The maximum absolute atomic E-state index is 12.6. The number of likely N-dealkylation sites (tertiary alicyclic amines) is 1. The molecule has 146 valence electrons. The summed E-state index contributed by atoms with van der Waals surface area (Å²) in [5, 5.41) is 3.06. The number of ether oxygens (including phenoxy) is 2. The molecule has 0 radical (unpaired) electrons. The quantitative estimate of drug-likeness (QED) is 0.685. The minimum Gasteiger partial charge on any atom is -0.493 e. The van der Waals surface area contributed by atoms with E-state index in [2.05, 4.69) is 26.1 Å². The molecule has 0 spiro atoms. The van der Waals surface area contributed by atoms with Gasteiger partial charge < -0.3 is 19.2 Å². The molecule has 1 amide bonds. The van der Waals surface area contributed by atoms with E-state index in [9.17, 15) is 4.79 Å². The first-order valence-corrected chi connectivity index (χ1v) is 9.86. The van der Waals surface area contributed by atoms with Crippen molar-refractivity contribution in [2.75, 3.05) is 33.9 Å². The molecule has 1 N–H and O–H groups in total. The molecule has 2 heterocycles. The van der Waals surface area contributed by atoms with Crippen molar-refractivity contribution in [3.05, 3.63) is 46.3 Å². The van der Waals surface area contributed by atoms with E-state index in [-0.39, 0.29) is 18.4 Å². The Morgan fingerprint density at radius 3 is 2.59 bits per heavy atom. The smallest absolute Gasteiger partial charge is 0.224 e. The van der Waals surface area contributed by atoms with Crippen LogP contribution < -0.4 is 14.8 Å². The predicted octanol–water partition coefficient (Wildman–Crippen LogP) is 3.56. The number of carbonyl (C=O) groups is 1. The van der Waals surface area contributed by atoms with Crippen LogP contribution in [0.15, 0.2) is 39.4 Å². The first kappa shape index (κ1) is 19.8. The molecule has 0 aliphatic carbocycles. The van der Waals surface area contributed by atoms with Gasteiger partial charge in [0.2, 0.25) is 5.91 Å². The first-order chi connectivity index (χ1) is 13.1. The highest BCUT2D eigenvalue weighted by Gasteiger charge is 2.26. The summed E-state index contributed by atoms with van der Waals surface area (Å²) in [6.45, 7) is 2.59. The molecule has 2 aromatic rings. The van der Waals surface area contributed by atoms with E-state index in [0.29, 0.717) is 18.0 Å². The summed E-state index contributed by atoms with van der Waals surface area (Å²) in [7, 11) is 3.17. The number of halogens is 1. The molecule has 27 heavy (non-hydrogen) atoms. The third-order valence-electron chi connectivity index (χ3n) is 4.85. The van der Waals surface area contributed by atoms with Crippen LogP contribution in [-0.2, 0) is 11.2 Å². The molecule has 1 fully saturated rings. The van der Waals surface area contributed by atoms with Crippen molar-refractivity contribution in [3.8, 4) is 11.5 Å². The van der Waals surface area contributed by atoms with Crippen LogP contribution in [0.2, 0.25) is 0 Å². The van der Waals surface area contributed by atoms with Crippen LogP contribution >= 0.6 is 15.9 Å². The van der Waals surface area contributed by atoms with Crippen LogP contribution in [0, 0.1) is 0 Å². The molecule has 3 rings (SSSR count). The SMILES string of the molecule is COc1cc(Br)c(CC(=O)NC[C@H](c2ccco2)N2CCCC2)cc1OC. The minimum absolute atomic E-state index is 0.0429. The van der Waals surface area contributed by atoms with Crippen molar-refractivity contribution < 1.29 is 18.7 Å². The van der Waals surface area contributed by atoms with E-state index < -0.39 is 0 Å². The second-order valence-electron chi connectivity index (χ2n) is 6.55. The van der Waals surface area contributed by atoms with Gasteiger partial charge in [-0.25, -0.2) is 0 Å². The summed E-state index contributed by atoms with van der Waals surface area (Å²) in [6.07, 6.45) is 4.31. The van der Waals surface area contributed by atoms with Crippen molar-refractivity contribution in [1.82, 2.24) is 10.2 Å². The van der Waals surface area contributed by atoms with Crippen molar-refractivity contribution in [2.24, 2.45) is 0 Å². The fourth-order valence-corrected chi connectivity index (χ4v) is 3.88. The van der Waals surface area contributed by atoms with Gasteiger partial charge in [0, 0.05) is 11.0 Å². The van der Waals surface area contributed by atoms with Gasteiger partial charge in [-0.15, -0.1) is 0 Å². The standard InChI is InChI=1S/C20H25BrN2O4/c1-25-18-10-14(15(21)12-19(18)26-2)11-20(24)22-13-16(17-6-5-9-27-17)23-7-3-4-8-23/h5-6,9-10,12,16H,3-4,7-8,11,13H2,1-2H3,(H,22,24)/t16-/m1/s1. The number of carbonyl (C=O) groups excluding carboxylic acids is 1. The number of nitrogens with zero attached hydrogens (tertiary/aromatic N) is 1. The van der Waals surface area contributed by atoms with Gasteiger partial charge in [-0.2, -0.15) is 0 Å². The maximum atomic E-state index is 12.6. The molecular formula is C20H25BrN2O4. The predicted molar refractivity (Wildman–Crippen MR) is 106 cm³/mol. The number of hydrogen-bond donors (Lipinski definition) is 1. The number of benzene rings is 1. The van der Waals surface area contributed by atoms with E-state index in [4.69, 9.17) is 13.9 Å². The third kappa shape index (κ3) is 4.84. The fourth-order valence-electron chi connectivity index (χ4n) is 3.42.